The van der Waals surface area contributed by atoms with Crippen LogP contribution in [0.15, 0.2) is 0 Å². The lowest BCUT2D eigenvalue weighted by Gasteiger charge is -1.91. The van der Waals surface area contributed by atoms with E-state index in [0.29, 0.717) is 16.1 Å². The van der Waals surface area contributed by atoms with E-state index in [0.717, 1.165) is 0 Å². The molecule has 2 rings (SSSR count). The molecule has 0 aromatic carbocycles. The predicted molar refractivity (Wildman–Crippen MR) is 49.1 cm³/mol. The number of fused-ring (bicyclic) bond motifs is 1. The van der Waals surface area contributed by atoms with Gasteiger partial charge in [0.15, 0.2) is 26.4 Å². The molecule has 12 heavy (non-hydrogen) atoms. The van der Waals surface area contributed by atoms with Crippen molar-refractivity contribution in [2.45, 2.75) is 0 Å². The van der Waals surface area contributed by atoms with Gasteiger partial charge in [-0.1, -0.05) is 23.2 Å². The van der Waals surface area contributed by atoms with Crippen LogP contribution >= 0.6 is 35.4 Å². The number of rotatable bonds is 0. The molecule has 2 heterocycles. The van der Waals surface area contributed by atoms with E-state index in [2.05, 4.69) is 19.9 Å². The molecule has 0 spiro atoms. The van der Waals surface area contributed by atoms with Crippen LogP contribution in [-0.4, -0.2) is 19.9 Å². The van der Waals surface area contributed by atoms with Crippen LogP contribution in [0.1, 0.15) is 0 Å². The number of nitrogens with zero attached hydrogens (tertiary/aromatic N) is 2. The lowest BCUT2D eigenvalue weighted by atomic mass is 10.7. The lowest BCUT2D eigenvalue weighted by Crippen LogP contribution is -1.84. The molecule has 0 saturated carbocycles. The molecule has 7 heteroatoms. The van der Waals surface area contributed by atoms with Crippen molar-refractivity contribution in [3.63, 3.8) is 0 Å². The minimum absolute atomic E-state index is 0.161. The van der Waals surface area contributed by atoms with E-state index in [1.165, 1.54) is 0 Å². The highest BCUT2D eigenvalue weighted by atomic mass is 35.5. The van der Waals surface area contributed by atoms with Crippen LogP contribution in [0.25, 0.3) is 11.3 Å². The van der Waals surface area contributed by atoms with Crippen LogP contribution in [0, 0.1) is 4.77 Å². The molecule has 0 aliphatic heterocycles. The molecule has 62 valence electrons. The number of hydrogen-bond donors (Lipinski definition) is 2. The maximum atomic E-state index is 5.62. The maximum absolute atomic E-state index is 5.62. The zero-order chi connectivity index (χ0) is 8.72. The summed E-state index contributed by atoms with van der Waals surface area (Å²) in [5, 5.41) is 0.323. The Labute approximate surface area is 81.9 Å². The first-order valence-corrected chi connectivity index (χ1v) is 4.14. The fourth-order valence-electron chi connectivity index (χ4n) is 0.815. The standard InChI is InChI=1S/C5H2Cl2N4S/c6-1-2(7)9-4-3(8-1)10-5(12)11-4/h(H2,8,9,10,11,12). The molecule has 4 nitrogen and oxygen atoms in total. The molecule has 0 bridgehead atoms. The summed E-state index contributed by atoms with van der Waals surface area (Å²) >= 11 is 16.1. The van der Waals surface area contributed by atoms with Crippen molar-refractivity contribution >= 4 is 46.7 Å². The van der Waals surface area contributed by atoms with Crippen molar-refractivity contribution in [2.24, 2.45) is 0 Å². The van der Waals surface area contributed by atoms with E-state index in [1.807, 2.05) is 0 Å². The van der Waals surface area contributed by atoms with Gasteiger partial charge in [0.2, 0.25) is 0 Å². The van der Waals surface area contributed by atoms with Crippen molar-refractivity contribution in [2.75, 3.05) is 0 Å². The van der Waals surface area contributed by atoms with Crippen molar-refractivity contribution in [1.29, 1.82) is 0 Å². The number of imidazole rings is 1. The largest absolute Gasteiger partial charge is 0.314 e. The molecular weight excluding hydrogens is 219 g/mol. The van der Waals surface area contributed by atoms with Crippen LogP contribution in [0.3, 0.4) is 0 Å². The van der Waals surface area contributed by atoms with Gasteiger partial charge in [-0.2, -0.15) is 0 Å². The van der Waals surface area contributed by atoms with Gasteiger partial charge in [-0.25, -0.2) is 9.97 Å². The molecule has 0 radical (unpaired) electrons. The Kier molecular flexibility index (Phi) is 1.79. The number of aromatic amines is 2. The first-order chi connectivity index (χ1) is 5.66. The van der Waals surface area contributed by atoms with Crippen molar-refractivity contribution in [3.05, 3.63) is 15.1 Å². The van der Waals surface area contributed by atoms with Crippen molar-refractivity contribution in [3.8, 4) is 0 Å². The number of hydrogen-bond acceptors (Lipinski definition) is 3. The van der Waals surface area contributed by atoms with Crippen LogP contribution in [0.4, 0.5) is 0 Å². The summed E-state index contributed by atoms with van der Waals surface area (Å²) in [6.45, 7) is 0. The Hall–Kier alpha value is -0.650. The highest BCUT2D eigenvalue weighted by Crippen LogP contribution is 2.18. The third kappa shape index (κ3) is 1.20. The molecule has 0 unspecified atom stereocenters. The Balaban J connectivity index is 2.92. The molecule has 2 N–H and O–H groups in total. The van der Waals surface area contributed by atoms with Crippen molar-refractivity contribution in [1.82, 2.24) is 19.9 Å². The van der Waals surface area contributed by atoms with Gasteiger partial charge in [0.1, 0.15) is 0 Å². The zero-order valence-corrected chi connectivity index (χ0v) is 7.89. The van der Waals surface area contributed by atoms with Gasteiger partial charge in [0.05, 0.1) is 0 Å². The fourth-order valence-corrected chi connectivity index (χ4v) is 1.26. The first kappa shape index (κ1) is 7.97. The van der Waals surface area contributed by atoms with Crippen molar-refractivity contribution < 1.29 is 0 Å². The van der Waals surface area contributed by atoms with Gasteiger partial charge in [0, 0.05) is 0 Å². The average molecular weight is 221 g/mol. The van der Waals surface area contributed by atoms with Gasteiger partial charge in [0.25, 0.3) is 0 Å². The number of H-pyrrole nitrogens is 2. The summed E-state index contributed by atoms with van der Waals surface area (Å²) < 4.78 is 0.448. The number of nitrogens with one attached hydrogen (secondary N) is 2. The summed E-state index contributed by atoms with van der Waals surface area (Å²) in [7, 11) is 0. The Morgan fingerprint density at radius 1 is 1.00 bits per heavy atom. The Morgan fingerprint density at radius 3 is 1.83 bits per heavy atom. The molecule has 0 fully saturated rings. The molecule has 0 saturated heterocycles. The molecule has 0 amide bonds. The smallest absolute Gasteiger partial charge is 0.177 e. The molecule has 0 aliphatic rings. The molecule has 2 aromatic rings. The highest BCUT2D eigenvalue weighted by Gasteiger charge is 2.05. The minimum atomic E-state index is 0.161. The van der Waals surface area contributed by atoms with Gasteiger partial charge in [-0.15, -0.1) is 0 Å². The van der Waals surface area contributed by atoms with E-state index >= 15 is 0 Å². The third-order valence-electron chi connectivity index (χ3n) is 1.28. The van der Waals surface area contributed by atoms with E-state index in [4.69, 9.17) is 35.4 Å². The third-order valence-corrected chi connectivity index (χ3v) is 2.11. The maximum Gasteiger partial charge on any atom is 0.177 e. The lowest BCUT2D eigenvalue weighted by molar-refractivity contribution is 1.26. The summed E-state index contributed by atoms with van der Waals surface area (Å²) in [6.07, 6.45) is 0. The molecule has 0 atom stereocenters. The summed E-state index contributed by atoms with van der Waals surface area (Å²) in [6, 6.07) is 0. The second-order valence-electron chi connectivity index (χ2n) is 2.08. The van der Waals surface area contributed by atoms with E-state index in [9.17, 15) is 0 Å². The van der Waals surface area contributed by atoms with E-state index in [1.54, 1.807) is 0 Å². The molecular formula is C5H2Cl2N4S. The van der Waals surface area contributed by atoms with Crippen LogP contribution < -0.4 is 0 Å². The average Bonchev–Trinajstić information content (AvgIpc) is 2.30. The number of halogens is 2. The van der Waals surface area contributed by atoms with Gasteiger partial charge >= 0.3 is 0 Å². The number of aromatic nitrogens is 4. The van der Waals surface area contributed by atoms with Gasteiger partial charge in [-0.05, 0) is 12.2 Å². The van der Waals surface area contributed by atoms with E-state index < -0.39 is 0 Å². The second kappa shape index (κ2) is 2.69. The summed E-state index contributed by atoms with van der Waals surface area (Å²) in [4.78, 5) is 13.4. The second-order valence-corrected chi connectivity index (χ2v) is 3.21. The Morgan fingerprint density at radius 2 is 1.42 bits per heavy atom. The SMILES string of the molecule is S=c1[nH]c2nc(Cl)c(Cl)nc2[nH]1. The summed E-state index contributed by atoms with van der Waals surface area (Å²) in [5.41, 5.74) is 1.02. The van der Waals surface area contributed by atoms with E-state index in [-0.39, 0.29) is 10.3 Å². The van der Waals surface area contributed by atoms with Crippen LogP contribution in [0.2, 0.25) is 10.3 Å². The monoisotopic (exact) mass is 220 g/mol. The topological polar surface area (TPSA) is 57.4 Å². The summed E-state index contributed by atoms with van der Waals surface area (Å²) in [5.74, 6) is 0. The minimum Gasteiger partial charge on any atom is -0.314 e. The normalized spacial score (nSPS) is 10.8. The van der Waals surface area contributed by atoms with Gasteiger partial charge in [-0.3, -0.25) is 0 Å². The van der Waals surface area contributed by atoms with Crippen LogP contribution in [0.5, 0.6) is 0 Å². The molecule has 0 aliphatic carbocycles. The van der Waals surface area contributed by atoms with Gasteiger partial charge < -0.3 is 9.97 Å². The quantitative estimate of drug-likeness (QED) is 0.671. The predicted octanol–water partition coefficient (Wildman–Crippen LogP) is 2.32. The zero-order valence-electron chi connectivity index (χ0n) is 5.56. The highest BCUT2D eigenvalue weighted by molar-refractivity contribution is 7.71. The fraction of sp³-hybridized carbons (Fsp3) is 0. The Bertz CT molecular complexity index is 446. The molecule has 2 aromatic heterocycles. The van der Waals surface area contributed by atoms with Crippen LogP contribution in [-0.2, 0) is 0 Å². The first-order valence-electron chi connectivity index (χ1n) is 2.98.